The molecule has 0 heterocycles. The van der Waals surface area contributed by atoms with Gasteiger partial charge in [-0.2, -0.15) is 0 Å². The molecule has 3 heteroatoms. The highest BCUT2D eigenvalue weighted by molar-refractivity contribution is 6.09. The Morgan fingerprint density at radius 2 is 1.17 bits per heavy atom. The lowest BCUT2D eigenvalue weighted by Gasteiger charge is -2.27. The van der Waals surface area contributed by atoms with Crippen LogP contribution in [0, 0.1) is 0 Å². The molecule has 0 atom stereocenters. The van der Waals surface area contributed by atoms with Gasteiger partial charge in [-0.3, -0.25) is 4.79 Å². The molecule has 2 fully saturated rings. The number of aromatic hydroxyl groups is 2. The minimum absolute atomic E-state index is 0.0452. The lowest BCUT2D eigenvalue weighted by atomic mass is 9.78. The molecule has 2 aromatic rings. The summed E-state index contributed by atoms with van der Waals surface area (Å²) < 4.78 is 0. The van der Waals surface area contributed by atoms with E-state index in [9.17, 15) is 15.0 Å². The van der Waals surface area contributed by atoms with E-state index in [4.69, 9.17) is 0 Å². The molecule has 2 saturated carbocycles. The molecular formula is C21H22O3. The molecule has 0 aromatic heterocycles. The van der Waals surface area contributed by atoms with E-state index in [1.807, 2.05) is 12.1 Å². The Kier molecular flexibility index (Phi) is 3.79. The maximum absolute atomic E-state index is 12.9. The van der Waals surface area contributed by atoms with Crippen molar-refractivity contribution in [2.45, 2.75) is 50.4 Å². The van der Waals surface area contributed by atoms with Crippen molar-refractivity contribution < 1.29 is 15.0 Å². The first-order valence-corrected chi connectivity index (χ1v) is 8.84. The number of rotatable bonds is 4. The predicted octanol–water partition coefficient (Wildman–Crippen LogP) is 4.86. The predicted molar refractivity (Wildman–Crippen MR) is 92.8 cm³/mol. The van der Waals surface area contributed by atoms with Gasteiger partial charge in [0.05, 0.1) is 0 Å². The van der Waals surface area contributed by atoms with Crippen molar-refractivity contribution in [2.24, 2.45) is 0 Å². The number of hydrogen-bond donors (Lipinski definition) is 2. The second kappa shape index (κ2) is 5.97. The molecule has 0 amide bonds. The average molecular weight is 322 g/mol. The minimum atomic E-state index is -0.0452. The first-order chi connectivity index (χ1) is 11.6. The third kappa shape index (κ3) is 2.58. The van der Waals surface area contributed by atoms with Gasteiger partial charge in [-0.1, -0.05) is 12.8 Å². The van der Waals surface area contributed by atoms with Crippen LogP contribution in [0.3, 0.4) is 0 Å². The molecule has 0 bridgehead atoms. The van der Waals surface area contributed by atoms with E-state index in [-0.39, 0.29) is 17.3 Å². The molecule has 2 aliphatic carbocycles. The zero-order valence-electron chi connectivity index (χ0n) is 13.7. The van der Waals surface area contributed by atoms with E-state index in [1.54, 1.807) is 24.3 Å². The third-order valence-electron chi connectivity index (χ3n) is 5.67. The van der Waals surface area contributed by atoms with E-state index >= 15 is 0 Å². The maximum Gasteiger partial charge on any atom is 0.193 e. The standard InChI is InChI=1S/C21H22O3/c22-19-9-7-15(11-17(19)13-3-1-4-13)21(24)16-8-10-20(23)18(12-16)14-5-2-6-14/h7-14,22-23H,1-6H2. The number of phenolic OH excluding ortho intramolecular Hbond substituents is 2. The molecule has 124 valence electrons. The quantitative estimate of drug-likeness (QED) is 0.790. The average Bonchev–Trinajstić information content (AvgIpc) is 2.47. The molecule has 0 spiro atoms. The van der Waals surface area contributed by atoms with Gasteiger partial charge in [0.2, 0.25) is 0 Å². The third-order valence-corrected chi connectivity index (χ3v) is 5.67. The van der Waals surface area contributed by atoms with Crippen LogP contribution in [-0.2, 0) is 0 Å². The van der Waals surface area contributed by atoms with E-state index in [0.717, 1.165) is 36.8 Å². The zero-order chi connectivity index (χ0) is 16.7. The van der Waals surface area contributed by atoms with E-state index in [0.29, 0.717) is 23.0 Å². The zero-order valence-corrected chi connectivity index (χ0v) is 13.7. The van der Waals surface area contributed by atoms with Crippen LogP contribution in [0.4, 0.5) is 0 Å². The molecular weight excluding hydrogens is 300 g/mol. The van der Waals surface area contributed by atoms with Crippen LogP contribution in [0.15, 0.2) is 36.4 Å². The van der Waals surface area contributed by atoms with Crippen LogP contribution in [0.25, 0.3) is 0 Å². The van der Waals surface area contributed by atoms with Gasteiger partial charge in [0.25, 0.3) is 0 Å². The fourth-order valence-electron chi connectivity index (χ4n) is 3.65. The highest BCUT2D eigenvalue weighted by atomic mass is 16.3. The second-order valence-corrected chi connectivity index (χ2v) is 7.13. The number of ketones is 1. The Labute approximate surface area is 142 Å². The van der Waals surface area contributed by atoms with Crippen molar-refractivity contribution >= 4 is 5.78 Å². The lowest BCUT2D eigenvalue weighted by molar-refractivity contribution is 0.103. The van der Waals surface area contributed by atoms with Gasteiger partial charge in [0.15, 0.2) is 5.78 Å². The van der Waals surface area contributed by atoms with Crippen molar-refractivity contribution in [3.05, 3.63) is 58.7 Å². The fraction of sp³-hybridized carbons (Fsp3) is 0.381. The van der Waals surface area contributed by atoms with Crippen LogP contribution in [-0.4, -0.2) is 16.0 Å². The molecule has 0 aliphatic heterocycles. The summed E-state index contributed by atoms with van der Waals surface area (Å²) in [4.78, 5) is 12.9. The molecule has 3 nitrogen and oxygen atoms in total. The summed E-state index contributed by atoms with van der Waals surface area (Å²) in [5, 5.41) is 20.1. The van der Waals surface area contributed by atoms with E-state index < -0.39 is 0 Å². The number of phenols is 2. The largest absolute Gasteiger partial charge is 0.508 e. The molecule has 2 N–H and O–H groups in total. The Bertz CT molecular complexity index is 720. The summed E-state index contributed by atoms with van der Waals surface area (Å²) in [6, 6.07) is 10.3. The highest BCUT2D eigenvalue weighted by Gasteiger charge is 2.25. The van der Waals surface area contributed by atoms with Crippen LogP contribution in [0.2, 0.25) is 0 Å². The Balaban J connectivity index is 1.66. The van der Waals surface area contributed by atoms with Crippen LogP contribution in [0.1, 0.15) is 77.4 Å². The van der Waals surface area contributed by atoms with Crippen molar-refractivity contribution in [3.63, 3.8) is 0 Å². The van der Waals surface area contributed by atoms with Crippen LogP contribution < -0.4 is 0 Å². The normalized spacial score (nSPS) is 18.0. The van der Waals surface area contributed by atoms with Crippen molar-refractivity contribution in [1.29, 1.82) is 0 Å². The van der Waals surface area contributed by atoms with Gasteiger partial charge in [-0.25, -0.2) is 0 Å². The monoisotopic (exact) mass is 322 g/mol. The Morgan fingerprint density at radius 3 is 1.50 bits per heavy atom. The van der Waals surface area contributed by atoms with Crippen molar-refractivity contribution in [2.75, 3.05) is 0 Å². The topological polar surface area (TPSA) is 57.5 Å². The van der Waals surface area contributed by atoms with Gasteiger partial charge in [-0.05, 0) is 85.0 Å². The highest BCUT2D eigenvalue weighted by Crippen LogP contribution is 2.42. The number of benzene rings is 2. The van der Waals surface area contributed by atoms with Gasteiger partial charge < -0.3 is 10.2 Å². The van der Waals surface area contributed by atoms with Gasteiger partial charge >= 0.3 is 0 Å². The fourth-order valence-corrected chi connectivity index (χ4v) is 3.65. The Hall–Kier alpha value is -2.29. The molecule has 0 radical (unpaired) electrons. The first kappa shape index (κ1) is 15.3. The van der Waals surface area contributed by atoms with Crippen LogP contribution >= 0.6 is 0 Å². The molecule has 4 rings (SSSR count). The molecule has 2 aliphatic rings. The SMILES string of the molecule is O=C(c1ccc(O)c(C2CCC2)c1)c1ccc(O)c(C2CCC2)c1. The molecule has 0 unspecified atom stereocenters. The summed E-state index contributed by atoms with van der Waals surface area (Å²) >= 11 is 0. The van der Waals surface area contributed by atoms with E-state index in [2.05, 4.69) is 0 Å². The smallest absolute Gasteiger partial charge is 0.193 e. The van der Waals surface area contributed by atoms with Crippen molar-refractivity contribution in [3.8, 4) is 11.5 Å². The van der Waals surface area contributed by atoms with Crippen molar-refractivity contribution in [1.82, 2.24) is 0 Å². The molecule has 0 saturated heterocycles. The first-order valence-electron chi connectivity index (χ1n) is 8.84. The maximum atomic E-state index is 12.9. The second-order valence-electron chi connectivity index (χ2n) is 7.13. The van der Waals surface area contributed by atoms with Gasteiger partial charge in [0.1, 0.15) is 11.5 Å². The van der Waals surface area contributed by atoms with E-state index in [1.165, 1.54) is 12.8 Å². The van der Waals surface area contributed by atoms with Gasteiger partial charge in [-0.15, -0.1) is 0 Å². The van der Waals surface area contributed by atoms with Crippen LogP contribution in [0.5, 0.6) is 11.5 Å². The lowest BCUT2D eigenvalue weighted by Crippen LogP contribution is -2.12. The summed E-state index contributed by atoms with van der Waals surface area (Å²) in [7, 11) is 0. The number of carbonyl (C=O) groups is 1. The van der Waals surface area contributed by atoms with Gasteiger partial charge in [0, 0.05) is 11.1 Å². The summed E-state index contributed by atoms with van der Waals surface area (Å²) in [6.07, 6.45) is 6.69. The summed E-state index contributed by atoms with van der Waals surface area (Å²) in [5.41, 5.74) is 3.01. The minimum Gasteiger partial charge on any atom is -0.508 e. The number of hydrogen-bond acceptors (Lipinski definition) is 3. The molecule has 24 heavy (non-hydrogen) atoms. The summed E-state index contributed by atoms with van der Waals surface area (Å²) in [5.74, 6) is 1.29. The number of carbonyl (C=O) groups excluding carboxylic acids is 1. The Morgan fingerprint density at radius 1 is 0.750 bits per heavy atom. The molecule has 2 aromatic carbocycles. The summed E-state index contributed by atoms with van der Waals surface area (Å²) in [6.45, 7) is 0.